The maximum atomic E-state index is 14.0. The van der Waals surface area contributed by atoms with Crippen LogP contribution in [0.15, 0.2) is 48.2 Å². The number of benzene rings is 1. The van der Waals surface area contributed by atoms with Crippen molar-refractivity contribution in [2.24, 2.45) is 0 Å². The van der Waals surface area contributed by atoms with Crippen LogP contribution in [0.5, 0.6) is 11.5 Å². The third-order valence-corrected chi connectivity index (χ3v) is 7.08. The Bertz CT molecular complexity index is 1370. The SMILES string of the molecule is COc1ccc(C2/C(=C(\[O-])c3c(C)nc4ccccn34)C(=O)C(=O)N2CC[NH+]2CCOCC2)cc1OC. The van der Waals surface area contributed by atoms with Crippen molar-refractivity contribution >= 4 is 23.1 Å². The standard InChI is InChI=1S/C27H30N4O6/c1-17-23(30-9-5-4-6-21(30)28-17)25(32)22-24(18-7-8-19(35-2)20(16-18)36-3)31(27(34)26(22)33)11-10-29-12-14-37-15-13-29/h4-9,16,24,32H,10-15H2,1-3H3/b25-22+. The Morgan fingerprint density at radius 1 is 1.14 bits per heavy atom. The fraction of sp³-hybridized carbons (Fsp3) is 0.370. The van der Waals surface area contributed by atoms with Crippen molar-refractivity contribution in [3.8, 4) is 11.5 Å². The highest BCUT2D eigenvalue weighted by Crippen LogP contribution is 2.41. The average molecular weight is 507 g/mol. The van der Waals surface area contributed by atoms with E-state index in [1.165, 1.54) is 24.0 Å². The van der Waals surface area contributed by atoms with E-state index in [-0.39, 0.29) is 11.3 Å². The van der Waals surface area contributed by atoms with E-state index in [1.54, 1.807) is 47.9 Å². The number of hydrogen-bond donors (Lipinski definition) is 1. The summed E-state index contributed by atoms with van der Waals surface area (Å²) in [5, 5.41) is 14.0. The van der Waals surface area contributed by atoms with Gasteiger partial charge in [-0.05, 0) is 36.8 Å². The van der Waals surface area contributed by atoms with E-state index in [9.17, 15) is 14.7 Å². The fourth-order valence-corrected chi connectivity index (χ4v) is 5.17. The van der Waals surface area contributed by atoms with Crippen LogP contribution in [0.2, 0.25) is 0 Å². The number of ketones is 1. The number of Topliss-reactive ketones (excluding diaryl/α,β-unsaturated/α-hetero) is 1. The van der Waals surface area contributed by atoms with E-state index in [1.807, 2.05) is 6.07 Å². The fourth-order valence-electron chi connectivity index (χ4n) is 5.17. The lowest BCUT2D eigenvalue weighted by molar-refractivity contribution is -0.907. The molecule has 0 aliphatic carbocycles. The van der Waals surface area contributed by atoms with Gasteiger partial charge in [-0.15, -0.1) is 0 Å². The Balaban J connectivity index is 1.64. The number of carbonyl (C=O) groups is 2. The van der Waals surface area contributed by atoms with Gasteiger partial charge in [-0.2, -0.15) is 0 Å². The molecule has 1 atom stereocenters. The van der Waals surface area contributed by atoms with E-state index < -0.39 is 23.5 Å². The number of rotatable bonds is 7. The summed E-state index contributed by atoms with van der Waals surface area (Å²) in [5.74, 6) is -1.01. The summed E-state index contributed by atoms with van der Waals surface area (Å²) in [4.78, 5) is 34.1. The smallest absolute Gasteiger partial charge is 0.295 e. The van der Waals surface area contributed by atoms with Gasteiger partial charge in [-0.1, -0.05) is 17.9 Å². The van der Waals surface area contributed by atoms with Gasteiger partial charge in [0.1, 0.15) is 18.7 Å². The highest BCUT2D eigenvalue weighted by Gasteiger charge is 2.45. The molecule has 0 bridgehead atoms. The van der Waals surface area contributed by atoms with Crippen LogP contribution in [0.25, 0.3) is 11.4 Å². The van der Waals surface area contributed by atoms with Crippen LogP contribution in [0.3, 0.4) is 0 Å². The maximum Gasteiger partial charge on any atom is 0.295 e. The van der Waals surface area contributed by atoms with E-state index >= 15 is 0 Å². The zero-order valence-electron chi connectivity index (χ0n) is 21.2. The first-order valence-corrected chi connectivity index (χ1v) is 12.3. The summed E-state index contributed by atoms with van der Waals surface area (Å²) < 4.78 is 18.0. The van der Waals surface area contributed by atoms with Crippen molar-refractivity contribution < 1.29 is 33.8 Å². The van der Waals surface area contributed by atoms with Gasteiger partial charge in [0.15, 0.2) is 11.5 Å². The maximum absolute atomic E-state index is 14.0. The minimum atomic E-state index is -0.860. The summed E-state index contributed by atoms with van der Waals surface area (Å²) in [6.07, 6.45) is 1.73. The van der Waals surface area contributed by atoms with Gasteiger partial charge < -0.3 is 33.5 Å². The molecule has 0 saturated carbocycles. The molecule has 10 heteroatoms. The molecule has 194 valence electrons. The predicted octanol–water partition coefficient (Wildman–Crippen LogP) is -0.201. The molecule has 0 radical (unpaired) electrons. The number of imidazole rings is 1. The van der Waals surface area contributed by atoms with Crippen molar-refractivity contribution in [2.75, 3.05) is 53.6 Å². The number of hydrogen-bond acceptors (Lipinski definition) is 7. The summed E-state index contributed by atoms with van der Waals surface area (Å²) in [6.45, 7) is 5.66. The summed E-state index contributed by atoms with van der Waals surface area (Å²) in [7, 11) is 3.05. The topological polar surface area (TPSA) is 110 Å². The molecule has 4 heterocycles. The first-order chi connectivity index (χ1) is 17.9. The second-order valence-corrected chi connectivity index (χ2v) is 9.17. The lowest BCUT2D eigenvalue weighted by Gasteiger charge is -2.30. The Kier molecular flexibility index (Phi) is 6.86. The summed E-state index contributed by atoms with van der Waals surface area (Å²) in [5.41, 5.74) is 1.88. The third-order valence-electron chi connectivity index (χ3n) is 7.08. The summed E-state index contributed by atoms with van der Waals surface area (Å²) >= 11 is 0. The number of pyridine rings is 1. The van der Waals surface area contributed by atoms with Crippen molar-refractivity contribution in [1.29, 1.82) is 0 Å². The highest BCUT2D eigenvalue weighted by atomic mass is 16.5. The number of aromatic nitrogens is 2. The van der Waals surface area contributed by atoms with Crippen molar-refractivity contribution in [1.82, 2.24) is 14.3 Å². The molecule has 2 saturated heterocycles. The number of nitrogens with zero attached hydrogens (tertiary/aromatic N) is 3. The zero-order valence-corrected chi connectivity index (χ0v) is 21.2. The first-order valence-electron chi connectivity index (χ1n) is 12.3. The molecule has 37 heavy (non-hydrogen) atoms. The number of fused-ring (bicyclic) bond motifs is 1. The lowest BCUT2D eigenvalue weighted by atomic mass is 9.96. The molecule has 2 aromatic heterocycles. The van der Waals surface area contributed by atoms with E-state index in [0.29, 0.717) is 54.7 Å². The second-order valence-electron chi connectivity index (χ2n) is 9.17. The Hall–Kier alpha value is -3.89. The van der Waals surface area contributed by atoms with E-state index in [0.717, 1.165) is 13.1 Å². The minimum Gasteiger partial charge on any atom is -0.871 e. The van der Waals surface area contributed by atoms with Gasteiger partial charge in [0.25, 0.3) is 5.91 Å². The number of carbonyl (C=O) groups excluding carboxylic acids is 2. The van der Waals surface area contributed by atoms with Gasteiger partial charge in [-0.3, -0.25) is 9.59 Å². The molecule has 5 rings (SSSR count). The van der Waals surface area contributed by atoms with Crippen LogP contribution in [-0.4, -0.2) is 79.6 Å². The number of likely N-dealkylation sites (tertiary alicyclic amines) is 1. The molecule has 2 aliphatic rings. The van der Waals surface area contributed by atoms with Gasteiger partial charge in [0, 0.05) is 11.8 Å². The van der Waals surface area contributed by atoms with Crippen LogP contribution in [0, 0.1) is 6.92 Å². The van der Waals surface area contributed by atoms with Gasteiger partial charge >= 0.3 is 0 Å². The zero-order chi connectivity index (χ0) is 26.1. The quantitative estimate of drug-likeness (QED) is 0.269. The predicted molar refractivity (Wildman–Crippen MR) is 132 cm³/mol. The largest absolute Gasteiger partial charge is 0.871 e. The van der Waals surface area contributed by atoms with Crippen LogP contribution < -0.4 is 19.5 Å². The molecular weight excluding hydrogens is 476 g/mol. The van der Waals surface area contributed by atoms with Gasteiger partial charge in [0.2, 0.25) is 5.78 Å². The summed E-state index contributed by atoms with van der Waals surface area (Å²) in [6, 6.07) is 9.75. The Labute approximate surface area is 214 Å². The number of quaternary nitrogens is 1. The Morgan fingerprint density at radius 2 is 1.89 bits per heavy atom. The molecule has 1 amide bonds. The van der Waals surface area contributed by atoms with Crippen molar-refractivity contribution in [3.63, 3.8) is 0 Å². The highest BCUT2D eigenvalue weighted by molar-refractivity contribution is 6.46. The molecule has 2 fully saturated rings. The second kappa shape index (κ2) is 10.2. The normalized spacial score (nSPS) is 20.1. The average Bonchev–Trinajstić information content (AvgIpc) is 3.39. The molecular formula is C27H30N4O6. The number of amides is 1. The third kappa shape index (κ3) is 4.42. The van der Waals surface area contributed by atoms with Crippen LogP contribution in [0.1, 0.15) is 23.0 Å². The molecule has 1 aromatic carbocycles. The van der Waals surface area contributed by atoms with Gasteiger partial charge in [-0.25, -0.2) is 4.98 Å². The van der Waals surface area contributed by atoms with E-state index in [4.69, 9.17) is 14.2 Å². The number of morpholine rings is 1. The lowest BCUT2D eigenvalue weighted by Crippen LogP contribution is -3.14. The molecule has 2 aliphatic heterocycles. The van der Waals surface area contributed by atoms with Crippen molar-refractivity contribution in [2.45, 2.75) is 13.0 Å². The molecule has 1 N–H and O–H groups in total. The number of aryl methyl sites for hydroxylation is 1. The van der Waals surface area contributed by atoms with Crippen molar-refractivity contribution in [3.05, 3.63) is 65.1 Å². The van der Waals surface area contributed by atoms with Crippen LogP contribution in [-0.2, 0) is 14.3 Å². The Morgan fingerprint density at radius 3 is 2.62 bits per heavy atom. The number of nitrogens with one attached hydrogen (secondary N) is 1. The van der Waals surface area contributed by atoms with E-state index in [2.05, 4.69) is 4.98 Å². The van der Waals surface area contributed by atoms with Crippen LogP contribution in [0.4, 0.5) is 0 Å². The number of methoxy groups -OCH3 is 2. The molecule has 10 nitrogen and oxygen atoms in total. The molecule has 1 unspecified atom stereocenters. The minimum absolute atomic E-state index is 0.0806. The number of ether oxygens (including phenoxy) is 3. The molecule has 0 spiro atoms. The molecule has 3 aromatic rings. The van der Waals surface area contributed by atoms with Crippen LogP contribution >= 0.6 is 0 Å². The first kappa shape index (κ1) is 24.8. The van der Waals surface area contributed by atoms with Gasteiger partial charge in [0.05, 0.1) is 58.0 Å². The monoisotopic (exact) mass is 506 g/mol.